The number of methoxy groups -OCH3 is 1. The maximum Gasteiger partial charge on any atom is 0.336 e. The van der Waals surface area contributed by atoms with Gasteiger partial charge in [-0.1, -0.05) is 56.3 Å². The Bertz CT molecular complexity index is 1270. The Balaban J connectivity index is 1.79. The molecular weight excluding hydrogens is 498 g/mol. The molecule has 0 saturated carbocycles. The molecule has 0 aromatic heterocycles. The van der Waals surface area contributed by atoms with Crippen LogP contribution in [0.5, 0.6) is 0 Å². The summed E-state index contributed by atoms with van der Waals surface area (Å²) in [5, 5.41) is 11.5. The van der Waals surface area contributed by atoms with Gasteiger partial charge in [0.1, 0.15) is 5.92 Å². The van der Waals surface area contributed by atoms with Gasteiger partial charge in [0.05, 0.1) is 24.2 Å². The Labute approximate surface area is 229 Å². The van der Waals surface area contributed by atoms with Gasteiger partial charge in [-0.25, -0.2) is 4.79 Å². The average Bonchev–Trinajstić information content (AvgIpc) is 2.90. The van der Waals surface area contributed by atoms with Crippen LogP contribution in [0.25, 0.3) is 0 Å². The second kappa shape index (κ2) is 12.8. The zero-order valence-corrected chi connectivity index (χ0v) is 23.5. The minimum atomic E-state index is -0.914. The van der Waals surface area contributed by atoms with Crippen LogP contribution in [0, 0.1) is 21.4 Å². The number of ether oxygens (including phenoxy) is 2. The topological polar surface area (TPSA) is 111 Å². The standard InChI is InChI=1S/C30H37N3O6/c1-20-25(28(34)38-6)27(23-13-10-14-24(17-23)33(36)37)26(21(2)31-20)29(35)39-19-30(3,4)15-16-32(5)18-22-11-8-7-9-12-22/h7-14,17,25,27H,15-16,18-19H2,1-6H3. The fraction of sp³-hybridized carbons (Fsp3) is 0.433. The molecule has 0 aliphatic carbocycles. The van der Waals surface area contributed by atoms with Crippen molar-refractivity contribution in [1.29, 1.82) is 0 Å². The first kappa shape index (κ1) is 29.7. The minimum Gasteiger partial charge on any atom is -0.468 e. The number of hydrogen-bond acceptors (Lipinski definition) is 8. The van der Waals surface area contributed by atoms with Gasteiger partial charge in [0.25, 0.3) is 5.69 Å². The van der Waals surface area contributed by atoms with E-state index in [0.29, 0.717) is 17.0 Å². The van der Waals surface area contributed by atoms with Crippen molar-refractivity contribution in [3.63, 3.8) is 0 Å². The van der Waals surface area contributed by atoms with Gasteiger partial charge in [0, 0.05) is 41.4 Å². The Morgan fingerprint density at radius 3 is 2.44 bits per heavy atom. The van der Waals surface area contributed by atoms with Gasteiger partial charge < -0.3 is 14.4 Å². The molecule has 9 heteroatoms. The van der Waals surface area contributed by atoms with Crippen molar-refractivity contribution in [1.82, 2.24) is 4.90 Å². The van der Waals surface area contributed by atoms with Gasteiger partial charge in [-0.3, -0.25) is 19.9 Å². The SMILES string of the molecule is COC(=O)C1C(C)=NC(C)=C(C(=O)OCC(C)(C)CCN(C)Cc2ccccc2)C1c1cccc([N+](=O)[O-])c1. The van der Waals surface area contributed by atoms with Crippen LogP contribution in [0.15, 0.2) is 70.9 Å². The Morgan fingerprint density at radius 2 is 1.79 bits per heavy atom. The highest BCUT2D eigenvalue weighted by Crippen LogP contribution is 2.41. The molecule has 2 unspecified atom stereocenters. The lowest BCUT2D eigenvalue weighted by molar-refractivity contribution is -0.384. The molecule has 3 rings (SSSR count). The molecule has 9 nitrogen and oxygen atoms in total. The average molecular weight is 536 g/mol. The highest BCUT2D eigenvalue weighted by atomic mass is 16.6. The van der Waals surface area contributed by atoms with E-state index in [4.69, 9.17) is 9.47 Å². The maximum absolute atomic E-state index is 13.6. The molecule has 39 heavy (non-hydrogen) atoms. The largest absolute Gasteiger partial charge is 0.468 e. The van der Waals surface area contributed by atoms with Gasteiger partial charge in [0.2, 0.25) is 0 Å². The molecule has 0 radical (unpaired) electrons. The molecule has 2 aromatic rings. The molecule has 0 bridgehead atoms. The number of carbonyl (C=O) groups is 2. The van der Waals surface area contributed by atoms with Gasteiger partial charge >= 0.3 is 11.9 Å². The summed E-state index contributed by atoms with van der Waals surface area (Å²) in [6.07, 6.45) is 0.790. The number of nitro benzene ring substituents is 1. The molecule has 0 N–H and O–H groups in total. The van der Waals surface area contributed by atoms with Crippen LogP contribution in [0.2, 0.25) is 0 Å². The number of esters is 2. The van der Waals surface area contributed by atoms with Crippen LogP contribution in [0.3, 0.4) is 0 Å². The zero-order valence-electron chi connectivity index (χ0n) is 23.5. The highest BCUT2D eigenvalue weighted by molar-refractivity contribution is 6.07. The second-order valence-corrected chi connectivity index (χ2v) is 10.8. The van der Waals surface area contributed by atoms with Crippen molar-refractivity contribution in [2.45, 2.75) is 46.6 Å². The fourth-order valence-electron chi connectivity index (χ4n) is 4.80. The van der Waals surface area contributed by atoms with E-state index in [1.54, 1.807) is 19.9 Å². The third-order valence-corrected chi connectivity index (χ3v) is 7.00. The van der Waals surface area contributed by atoms with E-state index in [2.05, 4.69) is 29.1 Å². The lowest BCUT2D eigenvalue weighted by Gasteiger charge is -2.32. The summed E-state index contributed by atoms with van der Waals surface area (Å²) >= 11 is 0. The van der Waals surface area contributed by atoms with E-state index >= 15 is 0 Å². The van der Waals surface area contributed by atoms with Crippen LogP contribution in [0.4, 0.5) is 5.69 Å². The molecule has 2 aromatic carbocycles. The molecule has 0 amide bonds. The van der Waals surface area contributed by atoms with Crippen LogP contribution >= 0.6 is 0 Å². The lowest BCUT2D eigenvalue weighted by Crippen LogP contribution is -2.37. The number of non-ortho nitro benzene ring substituents is 1. The first-order chi connectivity index (χ1) is 18.4. The summed E-state index contributed by atoms with van der Waals surface area (Å²) in [6.45, 7) is 9.24. The Hall–Kier alpha value is -3.85. The van der Waals surface area contributed by atoms with Crippen LogP contribution in [-0.4, -0.2) is 54.8 Å². The predicted octanol–water partition coefficient (Wildman–Crippen LogP) is 5.31. The van der Waals surface area contributed by atoms with E-state index in [0.717, 1.165) is 19.5 Å². The van der Waals surface area contributed by atoms with E-state index in [9.17, 15) is 19.7 Å². The molecule has 0 spiro atoms. The fourth-order valence-corrected chi connectivity index (χ4v) is 4.80. The number of allylic oxidation sites excluding steroid dienone is 1. The summed E-state index contributed by atoms with van der Waals surface area (Å²) in [5.74, 6) is -2.92. The molecule has 0 fully saturated rings. The number of benzene rings is 2. The van der Waals surface area contributed by atoms with Gasteiger partial charge in [-0.15, -0.1) is 0 Å². The monoisotopic (exact) mass is 535 g/mol. The normalized spacial score (nSPS) is 17.6. The van der Waals surface area contributed by atoms with E-state index < -0.39 is 28.7 Å². The molecule has 0 saturated heterocycles. The third-order valence-electron chi connectivity index (χ3n) is 7.00. The molecular formula is C30H37N3O6. The molecule has 1 heterocycles. The van der Waals surface area contributed by atoms with Crippen molar-refractivity contribution >= 4 is 23.3 Å². The molecule has 1 aliphatic heterocycles. The van der Waals surface area contributed by atoms with Crippen molar-refractivity contribution in [2.75, 3.05) is 27.3 Å². The predicted molar refractivity (Wildman–Crippen MR) is 149 cm³/mol. The first-order valence-electron chi connectivity index (χ1n) is 12.9. The van der Waals surface area contributed by atoms with Crippen molar-refractivity contribution in [2.24, 2.45) is 16.3 Å². The summed E-state index contributed by atoms with van der Waals surface area (Å²) in [6, 6.07) is 16.2. The smallest absolute Gasteiger partial charge is 0.336 e. The number of nitrogens with zero attached hydrogens (tertiary/aromatic N) is 3. The maximum atomic E-state index is 13.6. The number of aliphatic imine (C=N–C) groups is 1. The molecule has 208 valence electrons. The third kappa shape index (κ3) is 7.60. The van der Waals surface area contributed by atoms with E-state index in [1.165, 1.54) is 30.9 Å². The summed E-state index contributed by atoms with van der Waals surface area (Å²) in [4.78, 5) is 44.0. The Kier molecular flexibility index (Phi) is 9.75. The first-order valence-corrected chi connectivity index (χ1v) is 12.9. The van der Waals surface area contributed by atoms with Crippen LogP contribution in [0.1, 0.15) is 51.2 Å². The highest BCUT2D eigenvalue weighted by Gasteiger charge is 2.43. The van der Waals surface area contributed by atoms with Gasteiger partial charge in [-0.05, 0) is 45.0 Å². The van der Waals surface area contributed by atoms with E-state index in [1.807, 2.05) is 32.0 Å². The second-order valence-electron chi connectivity index (χ2n) is 10.8. The minimum absolute atomic E-state index is 0.137. The molecule has 2 atom stereocenters. The number of nitro groups is 1. The lowest BCUT2D eigenvalue weighted by atomic mass is 9.75. The van der Waals surface area contributed by atoms with Crippen molar-refractivity contribution in [3.05, 3.63) is 87.1 Å². The summed E-state index contributed by atoms with van der Waals surface area (Å²) in [7, 11) is 3.32. The van der Waals surface area contributed by atoms with Crippen molar-refractivity contribution < 1.29 is 24.0 Å². The molecule has 1 aliphatic rings. The number of carbonyl (C=O) groups excluding carboxylic acids is 2. The Morgan fingerprint density at radius 1 is 1.10 bits per heavy atom. The number of rotatable bonds is 11. The quantitative estimate of drug-likeness (QED) is 0.218. The summed E-state index contributed by atoms with van der Waals surface area (Å²) in [5.41, 5.74) is 2.31. The van der Waals surface area contributed by atoms with Crippen molar-refractivity contribution in [3.8, 4) is 0 Å². The van der Waals surface area contributed by atoms with Crippen LogP contribution in [-0.2, 0) is 25.6 Å². The zero-order chi connectivity index (χ0) is 28.7. The summed E-state index contributed by atoms with van der Waals surface area (Å²) < 4.78 is 10.9. The van der Waals surface area contributed by atoms with E-state index in [-0.39, 0.29) is 23.3 Å². The van der Waals surface area contributed by atoms with Gasteiger partial charge in [-0.2, -0.15) is 0 Å². The van der Waals surface area contributed by atoms with Gasteiger partial charge in [0.15, 0.2) is 0 Å². The number of hydrogen-bond donors (Lipinski definition) is 0. The van der Waals surface area contributed by atoms with Crippen LogP contribution < -0.4 is 0 Å².